The van der Waals surface area contributed by atoms with Crippen LogP contribution in [-0.2, 0) is 4.79 Å². The van der Waals surface area contributed by atoms with Gasteiger partial charge in [0.25, 0.3) is 5.56 Å². The first-order chi connectivity index (χ1) is 14.3. The Morgan fingerprint density at radius 2 is 1.93 bits per heavy atom. The Balaban J connectivity index is 2.15. The summed E-state index contributed by atoms with van der Waals surface area (Å²) in [7, 11) is 1.78. The van der Waals surface area contributed by atoms with Gasteiger partial charge in [-0.1, -0.05) is 43.5 Å². The predicted octanol–water partition coefficient (Wildman–Crippen LogP) is 5.45. The number of aromatic nitrogens is 2. The molecule has 1 amide bonds. The quantitative estimate of drug-likeness (QED) is 0.473. The van der Waals surface area contributed by atoms with Crippen molar-refractivity contribution < 1.29 is 4.79 Å². The summed E-state index contributed by atoms with van der Waals surface area (Å²) in [5.41, 5.74) is 2.06. The van der Waals surface area contributed by atoms with E-state index in [9.17, 15) is 9.59 Å². The molecule has 158 valence electrons. The zero-order chi connectivity index (χ0) is 21.8. The SMILES string of the molecule is CCCCCC(=O)N(C)C(C)c1nc2ccccc2c(=O)n1-c1ccc(Cl)cc1C. The van der Waals surface area contributed by atoms with Crippen LogP contribution in [0.4, 0.5) is 0 Å². The molecule has 0 saturated heterocycles. The molecule has 0 spiro atoms. The molecule has 0 saturated carbocycles. The van der Waals surface area contributed by atoms with Crippen molar-refractivity contribution in [3.63, 3.8) is 0 Å². The highest BCUT2D eigenvalue weighted by Gasteiger charge is 2.24. The van der Waals surface area contributed by atoms with E-state index in [1.54, 1.807) is 28.6 Å². The molecule has 0 fully saturated rings. The average Bonchev–Trinajstić information content (AvgIpc) is 2.73. The Morgan fingerprint density at radius 3 is 2.63 bits per heavy atom. The van der Waals surface area contributed by atoms with Crippen LogP contribution in [0, 0.1) is 6.92 Å². The zero-order valence-electron chi connectivity index (χ0n) is 18.0. The maximum atomic E-state index is 13.5. The lowest BCUT2D eigenvalue weighted by atomic mass is 10.1. The second-order valence-electron chi connectivity index (χ2n) is 7.70. The van der Waals surface area contributed by atoms with Crippen LogP contribution in [0.25, 0.3) is 16.6 Å². The van der Waals surface area contributed by atoms with E-state index in [1.165, 1.54) is 0 Å². The number of hydrogen-bond donors (Lipinski definition) is 0. The van der Waals surface area contributed by atoms with Crippen molar-refractivity contribution in [2.45, 2.75) is 52.5 Å². The monoisotopic (exact) mass is 425 g/mol. The fourth-order valence-corrected chi connectivity index (χ4v) is 3.85. The number of para-hydroxylation sites is 1. The van der Waals surface area contributed by atoms with Gasteiger partial charge in [0.15, 0.2) is 0 Å². The first-order valence-corrected chi connectivity index (χ1v) is 10.8. The number of benzene rings is 2. The van der Waals surface area contributed by atoms with Gasteiger partial charge in [0, 0.05) is 18.5 Å². The van der Waals surface area contributed by atoms with Gasteiger partial charge >= 0.3 is 0 Å². The highest BCUT2D eigenvalue weighted by Crippen LogP contribution is 2.25. The molecule has 1 unspecified atom stereocenters. The second-order valence-corrected chi connectivity index (χ2v) is 8.13. The van der Waals surface area contributed by atoms with Gasteiger partial charge < -0.3 is 4.90 Å². The number of unbranched alkanes of at least 4 members (excludes halogenated alkanes) is 2. The lowest BCUT2D eigenvalue weighted by molar-refractivity contribution is -0.132. The molecule has 1 atom stereocenters. The van der Waals surface area contributed by atoms with Gasteiger partial charge in [-0.15, -0.1) is 0 Å². The fourth-order valence-electron chi connectivity index (χ4n) is 3.62. The lowest BCUT2D eigenvalue weighted by Gasteiger charge is -2.27. The van der Waals surface area contributed by atoms with E-state index in [1.807, 2.05) is 44.2 Å². The van der Waals surface area contributed by atoms with Crippen molar-refractivity contribution >= 4 is 28.4 Å². The number of halogens is 1. The summed E-state index contributed by atoms with van der Waals surface area (Å²) in [5.74, 6) is 0.591. The fraction of sp³-hybridized carbons (Fsp3) is 0.375. The summed E-state index contributed by atoms with van der Waals surface area (Å²) >= 11 is 6.14. The molecule has 1 heterocycles. The predicted molar refractivity (Wildman–Crippen MR) is 122 cm³/mol. The Kier molecular flexibility index (Phi) is 6.93. The molecule has 1 aromatic heterocycles. The van der Waals surface area contributed by atoms with Gasteiger partial charge in [0.1, 0.15) is 5.82 Å². The number of carbonyl (C=O) groups is 1. The smallest absolute Gasteiger partial charge is 0.266 e. The first kappa shape index (κ1) is 22.0. The number of carbonyl (C=O) groups excluding carboxylic acids is 1. The van der Waals surface area contributed by atoms with E-state index in [4.69, 9.17) is 16.6 Å². The van der Waals surface area contributed by atoms with Crippen LogP contribution in [0.2, 0.25) is 5.02 Å². The molecular weight excluding hydrogens is 398 g/mol. The van der Waals surface area contributed by atoms with E-state index in [2.05, 4.69) is 6.92 Å². The molecule has 0 aliphatic heterocycles. The van der Waals surface area contributed by atoms with Gasteiger partial charge in [-0.05, 0) is 56.2 Å². The molecule has 0 aliphatic carbocycles. The minimum absolute atomic E-state index is 0.0535. The van der Waals surface area contributed by atoms with E-state index in [-0.39, 0.29) is 17.5 Å². The number of hydrogen-bond acceptors (Lipinski definition) is 3. The first-order valence-electron chi connectivity index (χ1n) is 10.4. The Hall–Kier alpha value is -2.66. The topological polar surface area (TPSA) is 55.2 Å². The summed E-state index contributed by atoms with van der Waals surface area (Å²) < 4.78 is 1.62. The van der Waals surface area contributed by atoms with Gasteiger partial charge in [0.2, 0.25) is 5.91 Å². The van der Waals surface area contributed by atoms with Crippen LogP contribution in [0.1, 0.15) is 57.0 Å². The van der Waals surface area contributed by atoms with Crippen LogP contribution in [-0.4, -0.2) is 27.4 Å². The molecular formula is C24H28ClN3O2. The molecule has 3 rings (SSSR count). The average molecular weight is 426 g/mol. The molecule has 0 aliphatic rings. The standard InChI is InChI=1S/C24H28ClN3O2/c1-5-6-7-12-22(29)27(4)17(3)23-26-20-11-9-8-10-19(20)24(30)28(23)21-14-13-18(25)15-16(21)2/h8-11,13-15,17H,5-7,12H2,1-4H3. The van der Waals surface area contributed by atoms with Crippen LogP contribution >= 0.6 is 11.6 Å². The summed E-state index contributed by atoms with van der Waals surface area (Å²) in [6.07, 6.45) is 3.44. The molecule has 5 nitrogen and oxygen atoms in total. The lowest BCUT2D eigenvalue weighted by Crippen LogP contribution is -2.35. The highest BCUT2D eigenvalue weighted by molar-refractivity contribution is 6.30. The molecule has 0 N–H and O–H groups in total. The number of rotatable bonds is 7. The van der Waals surface area contributed by atoms with E-state index < -0.39 is 0 Å². The maximum Gasteiger partial charge on any atom is 0.266 e. The van der Waals surface area contributed by atoms with Crippen molar-refractivity contribution in [1.29, 1.82) is 0 Å². The largest absolute Gasteiger partial charge is 0.336 e. The molecule has 30 heavy (non-hydrogen) atoms. The van der Waals surface area contributed by atoms with Gasteiger partial charge in [0.05, 0.1) is 22.6 Å². The molecule has 3 aromatic rings. The maximum absolute atomic E-state index is 13.5. The van der Waals surface area contributed by atoms with Crippen LogP contribution < -0.4 is 5.56 Å². The summed E-state index contributed by atoms with van der Waals surface area (Å²) in [4.78, 5) is 32.7. The number of aryl methyl sites for hydroxylation is 1. The number of fused-ring (bicyclic) bond motifs is 1. The van der Waals surface area contributed by atoms with Crippen LogP contribution in [0.3, 0.4) is 0 Å². The minimum Gasteiger partial charge on any atom is -0.336 e. The third kappa shape index (κ3) is 4.41. The summed E-state index contributed by atoms with van der Waals surface area (Å²) in [6, 6.07) is 12.3. The molecule has 0 radical (unpaired) electrons. The van der Waals surface area contributed by atoms with Crippen molar-refractivity contribution in [3.05, 3.63) is 69.2 Å². The summed E-state index contributed by atoms with van der Waals surface area (Å²) in [5, 5.41) is 1.15. The molecule has 6 heteroatoms. The highest BCUT2D eigenvalue weighted by atomic mass is 35.5. The van der Waals surface area contributed by atoms with Crippen LogP contribution in [0.15, 0.2) is 47.3 Å². The molecule has 0 bridgehead atoms. The molecule has 2 aromatic carbocycles. The van der Waals surface area contributed by atoms with Crippen LogP contribution in [0.5, 0.6) is 0 Å². The zero-order valence-corrected chi connectivity index (χ0v) is 18.7. The van der Waals surface area contributed by atoms with Crippen molar-refractivity contribution in [2.24, 2.45) is 0 Å². The third-order valence-corrected chi connectivity index (χ3v) is 5.78. The normalized spacial score (nSPS) is 12.2. The van der Waals surface area contributed by atoms with Gasteiger partial charge in [-0.3, -0.25) is 14.2 Å². The van der Waals surface area contributed by atoms with Gasteiger partial charge in [-0.25, -0.2) is 4.98 Å². The van der Waals surface area contributed by atoms with Crippen molar-refractivity contribution in [2.75, 3.05) is 7.05 Å². The van der Waals surface area contributed by atoms with Gasteiger partial charge in [-0.2, -0.15) is 0 Å². The van der Waals surface area contributed by atoms with Crippen molar-refractivity contribution in [1.82, 2.24) is 14.5 Å². The number of amides is 1. The second kappa shape index (κ2) is 9.43. The minimum atomic E-state index is -0.369. The third-order valence-electron chi connectivity index (χ3n) is 5.54. The number of nitrogens with zero attached hydrogens (tertiary/aromatic N) is 3. The van der Waals surface area contributed by atoms with Crippen molar-refractivity contribution in [3.8, 4) is 5.69 Å². The Morgan fingerprint density at radius 1 is 1.20 bits per heavy atom. The Labute approximate surface area is 182 Å². The summed E-state index contributed by atoms with van der Waals surface area (Å²) in [6.45, 7) is 5.94. The van der Waals surface area contributed by atoms with E-state index >= 15 is 0 Å². The van der Waals surface area contributed by atoms with E-state index in [0.29, 0.717) is 28.2 Å². The van der Waals surface area contributed by atoms with E-state index in [0.717, 1.165) is 30.5 Å². The Bertz CT molecular complexity index is 1120.